The molecule has 1 aliphatic rings. The number of pyridine rings is 1. The number of aryl methyl sites for hydroxylation is 3. The van der Waals surface area contributed by atoms with Gasteiger partial charge in [-0.3, -0.25) is 9.48 Å². The normalized spacial score (nSPS) is 17.2. The molecule has 3 heterocycles. The third-order valence-electron chi connectivity index (χ3n) is 4.46. The summed E-state index contributed by atoms with van der Waals surface area (Å²) >= 11 is 0. The fraction of sp³-hybridized carbons (Fsp3) is 0.444. The van der Waals surface area contributed by atoms with Crippen molar-refractivity contribution in [1.82, 2.24) is 20.1 Å². The van der Waals surface area contributed by atoms with Gasteiger partial charge in [0.25, 0.3) is 5.91 Å². The number of aromatic nitrogens is 3. The fourth-order valence-corrected chi connectivity index (χ4v) is 3.28. The van der Waals surface area contributed by atoms with Gasteiger partial charge in [0, 0.05) is 38.1 Å². The minimum absolute atomic E-state index is 0.0237. The summed E-state index contributed by atoms with van der Waals surface area (Å²) in [5.74, 6) is 0.606. The predicted molar refractivity (Wildman–Crippen MR) is 94.3 cm³/mol. The SMILES string of the molecule is Cc1cc(C)c(C#N)c(N2CCCC(NC(=O)c3cnn(C)c3)C2)n1. The summed E-state index contributed by atoms with van der Waals surface area (Å²) in [6.45, 7) is 5.35. The molecule has 7 heteroatoms. The highest BCUT2D eigenvalue weighted by Gasteiger charge is 2.25. The van der Waals surface area contributed by atoms with Crippen molar-refractivity contribution in [3.05, 3.63) is 40.8 Å². The molecule has 0 aromatic carbocycles. The number of nitriles is 1. The molecular weight excluding hydrogens is 316 g/mol. The quantitative estimate of drug-likeness (QED) is 0.920. The maximum absolute atomic E-state index is 12.3. The molecule has 1 saturated heterocycles. The average Bonchev–Trinajstić information content (AvgIpc) is 3.01. The Balaban J connectivity index is 1.76. The van der Waals surface area contributed by atoms with Crippen molar-refractivity contribution in [3.8, 4) is 6.07 Å². The first-order valence-corrected chi connectivity index (χ1v) is 8.40. The molecule has 0 saturated carbocycles. The van der Waals surface area contributed by atoms with E-state index in [2.05, 4.69) is 26.4 Å². The van der Waals surface area contributed by atoms with Crippen LogP contribution in [-0.4, -0.2) is 39.8 Å². The first-order chi connectivity index (χ1) is 12.0. The van der Waals surface area contributed by atoms with E-state index in [0.717, 1.165) is 36.5 Å². The molecule has 0 spiro atoms. The Hall–Kier alpha value is -2.88. The second-order valence-corrected chi connectivity index (χ2v) is 6.55. The van der Waals surface area contributed by atoms with E-state index in [1.54, 1.807) is 24.1 Å². The zero-order valence-electron chi connectivity index (χ0n) is 14.8. The maximum atomic E-state index is 12.3. The van der Waals surface area contributed by atoms with Crippen LogP contribution in [0.5, 0.6) is 0 Å². The first kappa shape index (κ1) is 17.0. The van der Waals surface area contributed by atoms with Crippen LogP contribution in [0.1, 0.15) is 40.0 Å². The van der Waals surface area contributed by atoms with Crippen LogP contribution in [-0.2, 0) is 7.05 Å². The van der Waals surface area contributed by atoms with Gasteiger partial charge in [0.1, 0.15) is 11.9 Å². The molecule has 1 amide bonds. The molecule has 1 aliphatic heterocycles. The molecule has 25 heavy (non-hydrogen) atoms. The molecule has 0 bridgehead atoms. The number of carbonyl (C=O) groups is 1. The summed E-state index contributed by atoms with van der Waals surface area (Å²) in [6.07, 6.45) is 5.12. The maximum Gasteiger partial charge on any atom is 0.254 e. The number of rotatable bonds is 3. The number of hydrogen-bond donors (Lipinski definition) is 1. The Morgan fingerprint density at radius 1 is 1.44 bits per heavy atom. The minimum Gasteiger partial charge on any atom is -0.353 e. The number of carbonyl (C=O) groups excluding carboxylic acids is 1. The van der Waals surface area contributed by atoms with Gasteiger partial charge in [-0.05, 0) is 38.3 Å². The van der Waals surface area contributed by atoms with Crippen molar-refractivity contribution in [2.45, 2.75) is 32.7 Å². The molecule has 1 N–H and O–H groups in total. The third-order valence-corrected chi connectivity index (χ3v) is 4.46. The summed E-state index contributed by atoms with van der Waals surface area (Å²) in [6, 6.07) is 4.22. The predicted octanol–water partition coefficient (Wildman–Crippen LogP) is 1.70. The van der Waals surface area contributed by atoms with Gasteiger partial charge in [0.2, 0.25) is 0 Å². The van der Waals surface area contributed by atoms with E-state index in [0.29, 0.717) is 17.7 Å². The van der Waals surface area contributed by atoms with Crippen molar-refractivity contribution >= 4 is 11.7 Å². The van der Waals surface area contributed by atoms with Gasteiger partial charge in [-0.15, -0.1) is 0 Å². The third kappa shape index (κ3) is 3.63. The number of hydrogen-bond acceptors (Lipinski definition) is 5. The average molecular weight is 338 g/mol. The number of piperidine rings is 1. The topological polar surface area (TPSA) is 86.8 Å². The lowest BCUT2D eigenvalue weighted by molar-refractivity contribution is 0.0933. The van der Waals surface area contributed by atoms with E-state index < -0.39 is 0 Å². The minimum atomic E-state index is -0.117. The molecule has 1 atom stereocenters. The highest BCUT2D eigenvalue weighted by Crippen LogP contribution is 2.25. The Morgan fingerprint density at radius 2 is 2.24 bits per heavy atom. The summed E-state index contributed by atoms with van der Waals surface area (Å²) in [5, 5.41) is 16.6. The summed E-state index contributed by atoms with van der Waals surface area (Å²) in [7, 11) is 1.79. The van der Waals surface area contributed by atoms with Crippen molar-refractivity contribution in [3.63, 3.8) is 0 Å². The van der Waals surface area contributed by atoms with E-state index >= 15 is 0 Å². The second-order valence-electron chi connectivity index (χ2n) is 6.55. The highest BCUT2D eigenvalue weighted by molar-refractivity contribution is 5.93. The van der Waals surface area contributed by atoms with Gasteiger partial charge in [0.05, 0.1) is 17.3 Å². The monoisotopic (exact) mass is 338 g/mol. The van der Waals surface area contributed by atoms with Crippen molar-refractivity contribution in [1.29, 1.82) is 5.26 Å². The zero-order chi connectivity index (χ0) is 18.0. The van der Waals surface area contributed by atoms with Crippen LogP contribution in [0.4, 0.5) is 5.82 Å². The van der Waals surface area contributed by atoms with Gasteiger partial charge in [0.15, 0.2) is 0 Å². The molecule has 0 radical (unpaired) electrons. The Kier molecular flexibility index (Phi) is 4.70. The van der Waals surface area contributed by atoms with E-state index in [1.165, 1.54) is 0 Å². The van der Waals surface area contributed by atoms with Crippen molar-refractivity contribution in [2.75, 3.05) is 18.0 Å². The van der Waals surface area contributed by atoms with Gasteiger partial charge < -0.3 is 10.2 Å². The molecule has 2 aromatic rings. The van der Waals surface area contributed by atoms with E-state index in [4.69, 9.17) is 0 Å². The number of nitrogens with zero attached hydrogens (tertiary/aromatic N) is 5. The summed E-state index contributed by atoms with van der Waals surface area (Å²) < 4.78 is 1.61. The molecule has 1 unspecified atom stereocenters. The number of nitrogens with one attached hydrogen (secondary N) is 1. The zero-order valence-corrected chi connectivity index (χ0v) is 14.8. The lowest BCUT2D eigenvalue weighted by Crippen LogP contribution is -2.48. The Morgan fingerprint density at radius 3 is 2.92 bits per heavy atom. The van der Waals surface area contributed by atoms with Crippen LogP contribution in [0, 0.1) is 25.2 Å². The molecular formula is C18H22N6O. The molecule has 3 rings (SSSR count). The summed E-state index contributed by atoms with van der Waals surface area (Å²) in [4.78, 5) is 19.0. The lowest BCUT2D eigenvalue weighted by atomic mass is 10.0. The fourth-order valence-electron chi connectivity index (χ4n) is 3.28. The Labute approximate surface area is 147 Å². The van der Waals surface area contributed by atoms with E-state index in [-0.39, 0.29) is 11.9 Å². The molecule has 2 aromatic heterocycles. The van der Waals surface area contributed by atoms with E-state index in [1.807, 2.05) is 19.9 Å². The van der Waals surface area contributed by atoms with E-state index in [9.17, 15) is 10.1 Å². The molecule has 0 aliphatic carbocycles. The van der Waals surface area contributed by atoms with Crippen molar-refractivity contribution in [2.24, 2.45) is 7.05 Å². The second kappa shape index (κ2) is 6.93. The number of anilines is 1. The van der Waals surface area contributed by atoms with Crippen molar-refractivity contribution < 1.29 is 4.79 Å². The standard InChI is InChI=1S/C18H22N6O/c1-12-7-13(2)21-17(16(12)8-19)24-6-4-5-15(11-24)22-18(25)14-9-20-23(3)10-14/h7,9-10,15H,4-6,11H2,1-3H3,(H,22,25). The lowest BCUT2D eigenvalue weighted by Gasteiger charge is -2.34. The van der Waals surface area contributed by atoms with Crippen LogP contribution in [0.3, 0.4) is 0 Å². The Bertz CT molecular complexity index is 835. The van der Waals surface area contributed by atoms with Gasteiger partial charge in [-0.25, -0.2) is 4.98 Å². The number of amides is 1. The summed E-state index contributed by atoms with van der Waals surface area (Å²) in [5.41, 5.74) is 3.01. The highest BCUT2D eigenvalue weighted by atomic mass is 16.1. The van der Waals surface area contributed by atoms with Gasteiger partial charge in [-0.1, -0.05) is 0 Å². The van der Waals surface area contributed by atoms with Crippen LogP contribution in [0.15, 0.2) is 18.5 Å². The van der Waals surface area contributed by atoms with Crippen LogP contribution in [0.25, 0.3) is 0 Å². The van der Waals surface area contributed by atoms with Crippen LogP contribution >= 0.6 is 0 Å². The molecule has 7 nitrogen and oxygen atoms in total. The van der Waals surface area contributed by atoms with Gasteiger partial charge >= 0.3 is 0 Å². The largest absolute Gasteiger partial charge is 0.353 e. The van der Waals surface area contributed by atoms with Gasteiger partial charge in [-0.2, -0.15) is 10.4 Å². The van der Waals surface area contributed by atoms with Crippen LogP contribution in [0.2, 0.25) is 0 Å². The molecule has 130 valence electrons. The first-order valence-electron chi connectivity index (χ1n) is 8.40. The molecule has 1 fully saturated rings. The smallest absolute Gasteiger partial charge is 0.254 e. The van der Waals surface area contributed by atoms with Crippen LogP contribution < -0.4 is 10.2 Å².